The van der Waals surface area contributed by atoms with E-state index in [0.717, 1.165) is 18.0 Å². The van der Waals surface area contributed by atoms with Gasteiger partial charge >= 0.3 is 12.1 Å². The number of nitrogens with one attached hydrogen (secondary N) is 2. The van der Waals surface area contributed by atoms with E-state index in [9.17, 15) is 27.6 Å². The van der Waals surface area contributed by atoms with Crippen LogP contribution in [0.25, 0.3) is 5.82 Å². The number of amides is 2. The van der Waals surface area contributed by atoms with Gasteiger partial charge in [-0.05, 0) is 50.6 Å². The number of alkyl halides is 3. The van der Waals surface area contributed by atoms with Crippen LogP contribution in [-0.4, -0.2) is 45.7 Å². The Bertz CT molecular complexity index is 1340. The van der Waals surface area contributed by atoms with Gasteiger partial charge < -0.3 is 15.4 Å². The summed E-state index contributed by atoms with van der Waals surface area (Å²) in [5.41, 5.74) is -2.24. The minimum Gasteiger partial charge on any atom is -0.465 e. The molecular formula is C23H21ClF3N5O4. The third-order valence-corrected chi connectivity index (χ3v) is 5.14. The Morgan fingerprint density at radius 1 is 1.14 bits per heavy atom. The summed E-state index contributed by atoms with van der Waals surface area (Å²) in [4.78, 5) is 41.9. The van der Waals surface area contributed by atoms with Crippen molar-refractivity contribution >= 4 is 35.1 Å². The molecule has 0 unspecified atom stereocenters. The van der Waals surface area contributed by atoms with Crippen LogP contribution < -0.4 is 10.6 Å². The van der Waals surface area contributed by atoms with E-state index < -0.39 is 35.2 Å². The van der Waals surface area contributed by atoms with E-state index in [-0.39, 0.29) is 39.3 Å². The Morgan fingerprint density at radius 3 is 2.42 bits per heavy atom. The summed E-state index contributed by atoms with van der Waals surface area (Å²) < 4.78 is 46.7. The van der Waals surface area contributed by atoms with E-state index in [4.69, 9.17) is 16.3 Å². The van der Waals surface area contributed by atoms with Crippen molar-refractivity contribution < 1.29 is 32.3 Å². The number of benzene rings is 1. The summed E-state index contributed by atoms with van der Waals surface area (Å²) in [5, 5.41) is 8.50. The zero-order chi connectivity index (χ0) is 26.8. The number of halogens is 4. The highest BCUT2D eigenvalue weighted by Gasteiger charge is 2.40. The molecule has 2 N–H and O–H groups in total. The van der Waals surface area contributed by atoms with Crippen LogP contribution in [0.4, 0.5) is 18.9 Å². The van der Waals surface area contributed by atoms with Crippen LogP contribution >= 0.6 is 11.6 Å². The van der Waals surface area contributed by atoms with Gasteiger partial charge in [-0.15, -0.1) is 0 Å². The first-order valence-electron chi connectivity index (χ1n) is 10.5. The largest absolute Gasteiger partial charge is 0.465 e. The van der Waals surface area contributed by atoms with Gasteiger partial charge in [0.1, 0.15) is 0 Å². The summed E-state index contributed by atoms with van der Waals surface area (Å²) in [7, 11) is 1.16. The molecule has 0 fully saturated rings. The van der Waals surface area contributed by atoms with E-state index in [2.05, 4.69) is 20.7 Å². The molecule has 2 amide bonds. The number of hydrogen-bond donors (Lipinski definition) is 2. The van der Waals surface area contributed by atoms with Gasteiger partial charge in [0.05, 0.1) is 34.5 Å². The molecule has 0 spiro atoms. The number of hydrogen-bond acceptors (Lipinski definition) is 6. The van der Waals surface area contributed by atoms with Crippen molar-refractivity contribution in [2.45, 2.75) is 33.0 Å². The summed E-state index contributed by atoms with van der Waals surface area (Å²) in [6.07, 6.45) is -2.83. The van der Waals surface area contributed by atoms with E-state index in [1.165, 1.54) is 37.4 Å². The topological polar surface area (TPSA) is 115 Å². The third-order valence-electron chi connectivity index (χ3n) is 4.84. The van der Waals surface area contributed by atoms with Gasteiger partial charge in [0.2, 0.25) is 0 Å². The normalized spacial score (nSPS) is 11.4. The van der Waals surface area contributed by atoms with Crippen molar-refractivity contribution in [2.24, 2.45) is 0 Å². The molecule has 2 aromatic heterocycles. The van der Waals surface area contributed by atoms with E-state index >= 15 is 0 Å². The Kier molecular flexibility index (Phi) is 7.68. The fourth-order valence-corrected chi connectivity index (χ4v) is 3.50. The van der Waals surface area contributed by atoms with Crippen molar-refractivity contribution in [1.29, 1.82) is 0 Å². The van der Waals surface area contributed by atoms with Crippen molar-refractivity contribution in [3.8, 4) is 5.82 Å². The molecule has 190 valence electrons. The molecule has 0 saturated heterocycles. The molecule has 1 aromatic carbocycles. The van der Waals surface area contributed by atoms with Gasteiger partial charge in [-0.1, -0.05) is 11.6 Å². The number of ether oxygens (including phenoxy) is 1. The number of aromatic nitrogens is 3. The fourth-order valence-electron chi connectivity index (χ4n) is 3.29. The molecule has 0 atom stereocenters. The second kappa shape index (κ2) is 10.4. The van der Waals surface area contributed by atoms with Gasteiger partial charge in [-0.25, -0.2) is 14.5 Å². The van der Waals surface area contributed by atoms with Gasteiger partial charge in [-0.3, -0.25) is 9.59 Å². The molecule has 3 rings (SSSR count). The number of methoxy groups -OCH3 is 1. The molecule has 9 nitrogen and oxygen atoms in total. The quantitative estimate of drug-likeness (QED) is 0.462. The maximum Gasteiger partial charge on any atom is 0.435 e. The first kappa shape index (κ1) is 26.7. The Morgan fingerprint density at radius 2 is 1.83 bits per heavy atom. The molecular weight excluding hydrogens is 503 g/mol. The number of anilines is 1. The zero-order valence-electron chi connectivity index (χ0n) is 19.5. The van der Waals surface area contributed by atoms with Crippen molar-refractivity contribution in [3.63, 3.8) is 0 Å². The fraction of sp³-hybridized carbons (Fsp3) is 0.261. The molecule has 0 aliphatic carbocycles. The molecule has 36 heavy (non-hydrogen) atoms. The highest BCUT2D eigenvalue weighted by molar-refractivity contribution is 6.32. The van der Waals surface area contributed by atoms with Crippen LogP contribution in [-0.2, 0) is 10.9 Å². The van der Waals surface area contributed by atoms with Gasteiger partial charge in [-0.2, -0.15) is 18.3 Å². The standard InChI is InChI=1S/C23H21ClF3N5O4/c1-11(2)29-20(33)14-9-13(22(35)36-4)8-12(3)17(14)30-21(34)15-10-32(31-18(15)23(25,26)27)19-16(24)6-5-7-28-19/h5-11H,1-4H3,(H,29,33)(H,30,34). The van der Waals surface area contributed by atoms with Gasteiger partial charge in [0.25, 0.3) is 11.8 Å². The number of carbonyl (C=O) groups is 3. The number of aryl methyl sites for hydroxylation is 1. The molecule has 13 heteroatoms. The number of rotatable bonds is 6. The average molecular weight is 524 g/mol. The summed E-state index contributed by atoms with van der Waals surface area (Å²) in [6.45, 7) is 4.87. The molecule has 3 aromatic rings. The highest BCUT2D eigenvalue weighted by Crippen LogP contribution is 2.33. The Labute approximate surface area is 208 Å². The molecule has 2 heterocycles. The molecule has 0 bridgehead atoms. The van der Waals surface area contributed by atoms with Crippen molar-refractivity contribution in [3.05, 3.63) is 69.6 Å². The summed E-state index contributed by atoms with van der Waals surface area (Å²) in [6, 6.07) is 5.12. The minimum absolute atomic E-state index is 0.0163. The molecule has 0 aliphatic heterocycles. The van der Waals surface area contributed by atoms with Crippen LogP contribution in [0.5, 0.6) is 0 Å². The minimum atomic E-state index is -4.99. The number of nitrogens with zero attached hydrogens (tertiary/aromatic N) is 3. The Balaban J connectivity index is 2.11. The Hall–Kier alpha value is -3.93. The second-order valence-corrected chi connectivity index (χ2v) is 8.34. The monoisotopic (exact) mass is 523 g/mol. The van der Waals surface area contributed by atoms with Crippen LogP contribution in [0.2, 0.25) is 5.02 Å². The predicted octanol–water partition coefficient (Wildman–Crippen LogP) is 4.43. The lowest BCUT2D eigenvalue weighted by molar-refractivity contribution is -0.141. The number of carbonyl (C=O) groups excluding carboxylic acids is 3. The van der Waals surface area contributed by atoms with Crippen molar-refractivity contribution in [2.75, 3.05) is 12.4 Å². The number of pyridine rings is 1. The summed E-state index contributed by atoms with van der Waals surface area (Å²) in [5.74, 6) is -2.68. The predicted molar refractivity (Wildman–Crippen MR) is 124 cm³/mol. The summed E-state index contributed by atoms with van der Waals surface area (Å²) >= 11 is 6.03. The molecule has 0 aliphatic rings. The third kappa shape index (κ3) is 5.65. The van der Waals surface area contributed by atoms with E-state index in [0.29, 0.717) is 0 Å². The van der Waals surface area contributed by atoms with E-state index in [1.54, 1.807) is 13.8 Å². The maximum absolute atomic E-state index is 13.8. The van der Waals surface area contributed by atoms with Crippen LogP contribution in [0.3, 0.4) is 0 Å². The van der Waals surface area contributed by atoms with Crippen molar-refractivity contribution in [1.82, 2.24) is 20.1 Å². The first-order valence-corrected chi connectivity index (χ1v) is 10.8. The van der Waals surface area contributed by atoms with E-state index in [1.807, 2.05) is 0 Å². The van der Waals surface area contributed by atoms with Crippen LogP contribution in [0.15, 0.2) is 36.7 Å². The lowest BCUT2D eigenvalue weighted by Gasteiger charge is -2.17. The van der Waals surface area contributed by atoms with Crippen LogP contribution in [0, 0.1) is 6.92 Å². The second-order valence-electron chi connectivity index (χ2n) is 7.93. The number of esters is 1. The smallest absolute Gasteiger partial charge is 0.435 e. The maximum atomic E-state index is 13.8. The van der Waals surface area contributed by atoms with Gasteiger partial charge in [0, 0.05) is 18.4 Å². The molecule has 0 saturated carbocycles. The van der Waals surface area contributed by atoms with Gasteiger partial charge in [0.15, 0.2) is 11.5 Å². The lowest BCUT2D eigenvalue weighted by atomic mass is 10.0. The highest BCUT2D eigenvalue weighted by atomic mass is 35.5. The first-order chi connectivity index (χ1) is 16.8. The zero-order valence-corrected chi connectivity index (χ0v) is 20.3. The molecule has 0 radical (unpaired) electrons. The lowest BCUT2D eigenvalue weighted by Crippen LogP contribution is -2.31. The van der Waals surface area contributed by atoms with Crippen LogP contribution in [0.1, 0.15) is 56.2 Å². The SMILES string of the molecule is COC(=O)c1cc(C)c(NC(=O)c2cn(-c3ncccc3Cl)nc2C(F)(F)F)c(C(=O)NC(C)C)c1. The average Bonchev–Trinajstić information content (AvgIpc) is 3.25.